The van der Waals surface area contributed by atoms with E-state index in [1.165, 1.54) is 10.5 Å². The maximum atomic E-state index is 10.9. The highest BCUT2D eigenvalue weighted by Crippen LogP contribution is 2.43. The maximum absolute atomic E-state index is 10.9. The Morgan fingerprint density at radius 3 is 2.47 bits per heavy atom. The summed E-state index contributed by atoms with van der Waals surface area (Å²) in [4.78, 5) is 12.4. The first kappa shape index (κ1) is 10.0. The molecule has 0 saturated heterocycles. The average molecular weight is 205 g/mol. The molecule has 1 aromatic rings. The number of likely N-dealkylation sites (N-methyl/N-ethyl adjacent to an activating group) is 1. The average Bonchev–Trinajstić information content (AvgIpc) is 2.99. The lowest BCUT2D eigenvalue weighted by atomic mass is 10.0. The van der Waals surface area contributed by atoms with Gasteiger partial charge in [-0.05, 0) is 24.8 Å². The number of amides is 1. The van der Waals surface area contributed by atoms with Crippen molar-refractivity contribution in [2.75, 3.05) is 7.05 Å². The van der Waals surface area contributed by atoms with Crippen molar-refractivity contribution in [2.24, 2.45) is 0 Å². The summed E-state index contributed by atoms with van der Waals surface area (Å²) in [6.45, 7) is 0. The van der Waals surface area contributed by atoms with E-state index in [1.807, 2.05) is 18.2 Å². The predicted octanol–water partition coefficient (Wildman–Crippen LogP) is 2.37. The van der Waals surface area contributed by atoms with Crippen molar-refractivity contribution in [1.82, 2.24) is 4.90 Å². The molecule has 0 unspecified atom stereocenters. The van der Waals surface area contributed by atoms with Gasteiger partial charge in [0, 0.05) is 7.05 Å². The Hall–Kier alpha value is -1.51. The van der Waals surface area contributed by atoms with Crippen molar-refractivity contribution in [2.45, 2.75) is 24.8 Å². The summed E-state index contributed by atoms with van der Waals surface area (Å²) >= 11 is 0. The molecule has 0 heterocycles. The lowest BCUT2D eigenvalue weighted by molar-refractivity contribution is 0.132. The van der Waals surface area contributed by atoms with Crippen molar-refractivity contribution in [3.63, 3.8) is 0 Å². The van der Waals surface area contributed by atoms with E-state index in [4.69, 9.17) is 5.11 Å². The van der Waals surface area contributed by atoms with Crippen LogP contribution >= 0.6 is 0 Å². The Morgan fingerprint density at radius 1 is 1.40 bits per heavy atom. The highest BCUT2D eigenvalue weighted by molar-refractivity contribution is 5.66. The lowest BCUT2D eigenvalue weighted by Crippen LogP contribution is -2.39. The van der Waals surface area contributed by atoms with E-state index in [9.17, 15) is 4.79 Å². The summed E-state index contributed by atoms with van der Waals surface area (Å²) in [7, 11) is 1.66. The first-order valence-corrected chi connectivity index (χ1v) is 5.15. The summed E-state index contributed by atoms with van der Waals surface area (Å²) in [6, 6.07) is 10.1. The van der Waals surface area contributed by atoms with Crippen molar-refractivity contribution in [3.8, 4) is 0 Å². The summed E-state index contributed by atoms with van der Waals surface area (Å²) in [5.74, 6) is 0. The minimum atomic E-state index is -0.830. The maximum Gasteiger partial charge on any atom is 0.407 e. The van der Waals surface area contributed by atoms with Crippen LogP contribution in [-0.4, -0.2) is 28.7 Å². The van der Waals surface area contributed by atoms with Crippen LogP contribution in [0.25, 0.3) is 0 Å². The van der Waals surface area contributed by atoms with E-state index in [0.717, 1.165) is 19.3 Å². The Morgan fingerprint density at radius 2 is 2.00 bits per heavy atom. The molecule has 1 saturated carbocycles. The molecule has 15 heavy (non-hydrogen) atoms. The van der Waals surface area contributed by atoms with E-state index >= 15 is 0 Å². The quantitative estimate of drug-likeness (QED) is 0.823. The van der Waals surface area contributed by atoms with Crippen LogP contribution in [-0.2, 0) is 6.42 Å². The molecule has 0 aliphatic heterocycles. The summed E-state index contributed by atoms with van der Waals surface area (Å²) < 4.78 is 0. The van der Waals surface area contributed by atoms with Gasteiger partial charge in [0.2, 0.25) is 0 Å². The summed E-state index contributed by atoms with van der Waals surface area (Å²) in [5, 5.41) is 8.96. The molecule has 0 bridgehead atoms. The molecular formula is C12H15NO2. The molecule has 0 aromatic heterocycles. The fourth-order valence-corrected chi connectivity index (χ4v) is 1.95. The van der Waals surface area contributed by atoms with Crippen molar-refractivity contribution in [1.29, 1.82) is 0 Å². The van der Waals surface area contributed by atoms with E-state index in [0.29, 0.717) is 0 Å². The van der Waals surface area contributed by atoms with Crippen LogP contribution < -0.4 is 0 Å². The highest BCUT2D eigenvalue weighted by Gasteiger charge is 2.48. The molecule has 1 aromatic carbocycles. The van der Waals surface area contributed by atoms with Crippen LogP contribution in [0.15, 0.2) is 30.3 Å². The van der Waals surface area contributed by atoms with E-state index in [1.54, 1.807) is 7.05 Å². The molecule has 1 amide bonds. The largest absolute Gasteiger partial charge is 0.465 e. The molecule has 0 atom stereocenters. The number of rotatable bonds is 3. The highest BCUT2D eigenvalue weighted by atomic mass is 16.4. The SMILES string of the molecule is CN(C(=O)O)C1(Cc2ccccc2)CC1. The molecule has 0 radical (unpaired) electrons. The Balaban J connectivity index is 2.09. The first-order chi connectivity index (χ1) is 7.14. The van der Waals surface area contributed by atoms with Gasteiger partial charge in [-0.25, -0.2) is 4.79 Å². The first-order valence-electron chi connectivity index (χ1n) is 5.15. The fourth-order valence-electron chi connectivity index (χ4n) is 1.95. The Bertz CT molecular complexity index is 357. The molecule has 80 valence electrons. The molecule has 1 aliphatic rings. The number of hydrogen-bond acceptors (Lipinski definition) is 1. The van der Waals surface area contributed by atoms with Crippen molar-refractivity contribution in [3.05, 3.63) is 35.9 Å². The second-order valence-corrected chi connectivity index (χ2v) is 4.23. The second kappa shape index (κ2) is 3.57. The van der Waals surface area contributed by atoms with Gasteiger partial charge in [0.05, 0.1) is 5.54 Å². The Labute approximate surface area is 89.3 Å². The molecule has 1 aliphatic carbocycles. The topological polar surface area (TPSA) is 40.5 Å². The molecule has 0 spiro atoms. The van der Waals surface area contributed by atoms with Gasteiger partial charge in [-0.15, -0.1) is 0 Å². The van der Waals surface area contributed by atoms with Crippen LogP contribution in [0.4, 0.5) is 4.79 Å². The van der Waals surface area contributed by atoms with Gasteiger partial charge in [0.15, 0.2) is 0 Å². The van der Waals surface area contributed by atoms with Crippen LogP contribution in [0.2, 0.25) is 0 Å². The van der Waals surface area contributed by atoms with Crippen molar-refractivity contribution < 1.29 is 9.90 Å². The summed E-state index contributed by atoms with van der Waals surface area (Å²) in [5.41, 5.74) is 1.08. The minimum absolute atomic E-state index is 0.132. The van der Waals surface area contributed by atoms with Gasteiger partial charge >= 0.3 is 6.09 Å². The Kier molecular flexibility index (Phi) is 2.39. The third-order valence-electron chi connectivity index (χ3n) is 3.20. The zero-order valence-corrected chi connectivity index (χ0v) is 8.81. The molecule has 2 rings (SSSR count). The van der Waals surface area contributed by atoms with E-state index in [-0.39, 0.29) is 5.54 Å². The molecular weight excluding hydrogens is 190 g/mol. The predicted molar refractivity (Wildman–Crippen MR) is 57.9 cm³/mol. The number of nitrogens with zero attached hydrogens (tertiary/aromatic N) is 1. The van der Waals surface area contributed by atoms with Gasteiger partial charge in [0.25, 0.3) is 0 Å². The zero-order valence-electron chi connectivity index (χ0n) is 8.81. The fraction of sp³-hybridized carbons (Fsp3) is 0.417. The van der Waals surface area contributed by atoms with Gasteiger partial charge in [-0.1, -0.05) is 30.3 Å². The normalized spacial score (nSPS) is 17.1. The number of carboxylic acid groups (broad SMARTS) is 1. The molecule has 1 fully saturated rings. The number of carbonyl (C=O) groups is 1. The molecule has 1 N–H and O–H groups in total. The van der Waals surface area contributed by atoms with Crippen LogP contribution in [0, 0.1) is 0 Å². The third kappa shape index (κ3) is 1.96. The van der Waals surface area contributed by atoms with E-state index in [2.05, 4.69) is 12.1 Å². The van der Waals surface area contributed by atoms with Gasteiger partial charge in [-0.2, -0.15) is 0 Å². The number of hydrogen-bond donors (Lipinski definition) is 1. The monoisotopic (exact) mass is 205 g/mol. The number of benzene rings is 1. The standard InChI is InChI=1S/C12H15NO2/c1-13(11(14)15)12(7-8-12)9-10-5-3-2-4-6-10/h2-6H,7-9H2,1H3,(H,14,15). The minimum Gasteiger partial charge on any atom is -0.465 e. The van der Waals surface area contributed by atoms with Crippen molar-refractivity contribution >= 4 is 6.09 Å². The van der Waals surface area contributed by atoms with Gasteiger partial charge in [-0.3, -0.25) is 0 Å². The second-order valence-electron chi connectivity index (χ2n) is 4.23. The van der Waals surface area contributed by atoms with Crippen LogP contribution in [0.1, 0.15) is 18.4 Å². The molecule has 3 heteroatoms. The van der Waals surface area contributed by atoms with Crippen LogP contribution in [0.3, 0.4) is 0 Å². The van der Waals surface area contributed by atoms with Gasteiger partial charge in [0.1, 0.15) is 0 Å². The van der Waals surface area contributed by atoms with E-state index < -0.39 is 6.09 Å². The van der Waals surface area contributed by atoms with Crippen LogP contribution in [0.5, 0.6) is 0 Å². The zero-order chi connectivity index (χ0) is 10.9. The lowest BCUT2D eigenvalue weighted by Gasteiger charge is -2.25. The summed E-state index contributed by atoms with van der Waals surface area (Å²) in [6.07, 6.45) is 1.95. The third-order valence-corrected chi connectivity index (χ3v) is 3.20. The molecule has 3 nitrogen and oxygen atoms in total. The smallest absolute Gasteiger partial charge is 0.407 e. The van der Waals surface area contributed by atoms with Gasteiger partial charge < -0.3 is 10.0 Å².